The van der Waals surface area contributed by atoms with Gasteiger partial charge in [-0.05, 0) is 0 Å². The largest absolute Gasteiger partial charge is 0.322 e. The van der Waals surface area contributed by atoms with Gasteiger partial charge in [0.05, 0.1) is 6.42 Å². The number of imide groups is 1. The number of urea groups is 1. The van der Waals surface area contributed by atoms with Gasteiger partial charge in [0.15, 0.2) is 0 Å². The number of hydrogen-bond donors (Lipinski definition) is 4. The predicted molar refractivity (Wildman–Crippen MR) is 42.0 cm³/mol. The van der Waals surface area contributed by atoms with Gasteiger partial charge in [-0.25, -0.2) is 10.2 Å². The topological polar surface area (TPSA) is 99.3 Å². The third kappa shape index (κ3) is 3.08. The molecule has 1 atom stereocenters. The van der Waals surface area contributed by atoms with Crippen LogP contribution in [0, 0.1) is 0 Å². The van der Waals surface area contributed by atoms with E-state index in [2.05, 4.69) is 21.5 Å². The van der Waals surface area contributed by atoms with Gasteiger partial charge in [0.25, 0.3) is 0 Å². The molecule has 0 aromatic heterocycles. The molecule has 1 saturated heterocycles. The Morgan fingerprint density at radius 1 is 1.54 bits per heavy atom. The smallest absolute Gasteiger partial charge is 0.320 e. The molecule has 13 heavy (non-hydrogen) atoms. The van der Waals surface area contributed by atoms with E-state index in [-0.39, 0.29) is 18.2 Å². The molecule has 0 aromatic carbocycles. The average Bonchev–Trinajstić information content (AvgIpc) is 1.99. The molecule has 0 bridgehead atoms. The number of carbonyl (C=O) groups is 3. The molecule has 1 aliphatic heterocycles. The van der Waals surface area contributed by atoms with Gasteiger partial charge in [0.2, 0.25) is 11.8 Å². The van der Waals surface area contributed by atoms with E-state index in [1.54, 1.807) is 0 Å². The Labute approximate surface area is 74.2 Å². The van der Waals surface area contributed by atoms with E-state index in [4.69, 9.17) is 0 Å². The first kappa shape index (κ1) is 9.46. The number of carbonyl (C=O) groups excluding carboxylic acids is 3. The summed E-state index contributed by atoms with van der Waals surface area (Å²) < 4.78 is 0. The summed E-state index contributed by atoms with van der Waals surface area (Å²) in [5.74, 6) is -0.674. The minimum atomic E-state index is -0.570. The standard InChI is InChI=1S/C6H10N4O3/c1-3(11)9-10-4-2-5(12)8-6(13)7-4/h4,10H,2H2,1H3,(H,9,11)(H2,7,8,12,13). The number of nitrogens with one attached hydrogen (secondary N) is 4. The maximum Gasteiger partial charge on any atom is 0.322 e. The van der Waals surface area contributed by atoms with Crippen molar-refractivity contribution in [3.63, 3.8) is 0 Å². The molecule has 1 unspecified atom stereocenters. The van der Waals surface area contributed by atoms with E-state index >= 15 is 0 Å². The lowest BCUT2D eigenvalue weighted by atomic mass is 10.3. The summed E-state index contributed by atoms with van der Waals surface area (Å²) >= 11 is 0. The van der Waals surface area contributed by atoms with Crippen LogP contribution in [0.2, 0.25) is 0 Å². The second-order valence-electron chi connectivity index (χ2n) is 2.60. The van der Waals surface area contributed by atoms with E-state index in [1.807, 2.05) is 0 Å². The molecule has 0 aromatic rings. The Balaban J connectivity index is 2.37. The van der Waals surface area contributed by atoms with Crippen molar-refractivity contribution in [2.24, 2.45) is 0 Å². The van der Waals surface area contributed by atoms with Crippen molar-refractivity contribution in [1.82, 2.24) is 21.5 Å². The summed E-state index contributed by atoms with van der Waals surface area (Å²) in [6.07, 6.45) is -0.461. The molecule has 1 rings (SSSR count). The fraction of sp³-hybridized carbons (Fsp3) is 0.500. The lowest BCUT2D eigenvalue weighted by Gasteiger charge is -2.23. The monoisotopic (exact) mass is 186 g/mol. The number of hydrogen-bond acceptors (Lipinski definition) is 4. The molecule has 1 aliphatic rings. The van der Waals surface area contributed by atoms with Crippen LogP contribution in [0.15, 0.2) is 0 Å². The fourth-order valence-electron chi connectivity index (χ4n) is 0.884. The summed E-state index contributed by atoms with van der Waals surface area (Å²) in [4.78, 5) is 32.0. The summed E-state index contributed by atoms with van der Waals surface area (Å²) in [7, 11) is 0. The van der Waals surface area contributed by atoms with Crippen LogP contribution >= 0.6 is 0 Å². The second kappa shape index (κ2) is 3.85. The molecule has 0 spiro atoms. The molecular formula is C6H10N4O3. The Hall–Kier alpha value is -1.63. The Bertz CT molecular complexity index is 236. The van der Waals surface area contributed by atoms with Crippen LogP contribution in [-0.4, -0.2) is 24.0 Å². The molecule has 1 heterocycles. The van der Waals surface area contributed by atoms with E-state index < -0.39 is 12.2 Å². The Morgan fingerprint density at radius 2 is 2.23 bits per heavy atom. The van der Waals surface area contributed by atoms with Crippen molar-refractivity contribution in [1.29, 1.82) is 0 Å². The highest BCUT2D eigenvalue weighted by Crippen LogP contribution is 1.92. The van der Waals surface area contributed by atoms with E-state index in [9.17, 15) is 14.4 Å². The summed E-state index contributed by atoms with van der Waals surface area (Å²) in [6.45, 7) is 1.32. The fourth-order valence-corrected chi connectivity index (χ4v) is 0.884. The molecule has 1 fully saturated rings. The predicted octanol–water partition coefficient (Wildman–Crippen LogP) is -1.82. The minimum absolute atomic E-state index is 0.0893. The van der Waals surface area contributed by atoms with Gasteiger partial charge >= 0.3 is 6.03 Å². The zero-order valence-corrected chi connectivity index (χ0v) is 7.01. The van der Waals surface area contributed by atoms with Crippen LogP contribution in [0.25, 0.3) is 0 Å². The van der Waals surface area contributed by atoms with Crippen LogP contribution in [0.1, 0.15) is 13.3 Å². The lowest BCUT2D eigenvalue weighted by molar-refractivity contribution is -0.123. The van der Waals surface area contributed by atoms with Crippen molar-refractivity contribution < 1.29 is 14.4 Å². The zero-order chi connectivity index (χ0) is 9.84. The van der Waals surface area contributed by atoms with Crippen LogP contribution in [0.4, 0.5) is 4.79 Å². The number of rotatable bonds is 2. The molecule has 0 saturated carbocycles. The second-order valence-corrected chi connectivity index (χ2v) is 2.60. The van der Waals surface area contributed by atoms with Crippen LogP contribution < -0.4 is 21.5 Å². The Morgan fingerprint density at radius 3 is 2.77 bits per heavy atom. The Kier molecular flexibility index (Phi) is 2.80. The molecule has 4 N–H and O–H groups in total. The highest BCUT2D eigenvalue weighted by molar-refractivity contribution is 5.97. The highest BCUT2D eigenvalue weighted by atomic mass is 16.2. The summed E-state index contributed by atoms with van der Waals surface area (Å²) in [6, 6.07) is -0.570. The molecule has 0 radical (unpaired) electrons. The van der Waals surface area contributed by atoms with Crippen molar-refractivity contribution in [3.05, 3.63) is 0 Å². The molecule has 4 amide bonds. The van der Waals surface area contributed by atoms with Crippen molar-refractivity contribution >= 4 is 17.8 Å². The first-order valence-electron chi connectivity index (χ1n) is 3.70. The van der Waals surface area contributed by atoms with Crippen molar-refractivity contribution in [2.45, 2.75) is 19.5 Å². The third-order valence-electron chi connectivity index (χ3n) is 1.37. The van der Waals surface area contributed by atoms with Gasteiger partial charge in [-0.15, -0.1) is 0 Å². The minimum Gasteiger partial charge on any atom is -0.320 e. The van der Waals surface area contributed by atoms with Gasteiger partial charge in [-0.1, -0.05) is 0 Å². The lowest BCUT2D eigenvalue weighted by Crippen LogP contribution is -2.60. The number of hydrazine groups is 1. The molecule has 7 nitrogen and oxygen atoms in total. The van der Waals surface area contributed by atoms with E-state index in [0.29, 0.717) is 0 Å². The maximum atomic E-state index is 10.8. The van der Waals surface area contributed by atoms with E-state index in [1.165, 1.54) is 6.92 Å². The molecule has 7 heteroatoms. The summed E-state index contributed by atoms with van der Waals surface area (Å²) in [5.41, 5.74) is 4.76. The van der Waals surface area contributed by atoms with E-state index in [0.717, 1.165) is 0 Å². The van der Waals surface area contributed by atoms with Gasteiger partial charge in [0.1, 0.15) is 6.17 Å². The molecular weight excluding hydrogens is 176 g/mol. The van der Waals surface area contributed by atoms with Gasteiger partial charge in [-0.3, -0.25) is 20.3 Å². The van der Waals surface area contributed by atoms with Gasteiger partial charge < -0.3 is 5.32 Å². The van der Waals surface area contributed by atoms with Crippen molar-refractivity contribution in [2.75, 3.05) is 0 Å². The first-order chi connectivity index (χ1) is 6.08. The average molecular weight is 186 g/mol. The zero-order valence-electron chi connectivity index (χ0n) is 7.01. The highest BCUT2D eigenvalue weighted by Gasteiger charge is 2.23. The third-order valence-corrected chi connectivity index (χ3v) is 1.37. The summed E-state index contributed by atoms with van der Waals surface area (Å²) in [5, 5.41) is 4.46. The quantitative estimate of drug-likeness (QED) is 0.382. The van der Waals surface area contributed by atoms with Crippen LogP contribution in [0.3, 0.4) is 0 Å². The SMILES string of the molecule is CC(=O)NNC1CC(=O)NC(=O)N1. The molecule has 0 aliphatic carbocycles. The van der Waals surface area contributed by atoms with Crippen LogP contribution in [0.5, 0.6) is 0 Å². The van der Waals surface area contributed by atoms with Gasteiger partial charge in [-0.2, -0.15) is 0 Å². The van der Waals surface area contributed by atoms with Crippen molar-refractivity contribution in [3.8, 4) is 0 Å². The molecule has 72 valence electrons. The van der Waals surface area contributed by atoms with Gasteiger partial charge in [0, 0.05) is 6.92 Å². The normalized spacial score (nSPS) is 21.8. The maximum absolute atomic E-state index is 10.8. The number of amides is 4. The van der Waals surface area contributed by atoms with Crippen LogP contribution in [-0.2, 0) is 9.59 Å². The first-order valence-corrected chi connectivity index (χ1v) is 3.70.